The van der Waals surface area contributed by atoms with Crippen LogP contribution in [0.15, 0.2) is 29.1 Å². The number of hydrogen-bond acceptors (Lipinski definition) is 5. The average Bonchev–Trinajstić information content (AvgIpc) is 2.72. The Morgan fingerprint density at radius 1 is 1.22 bits per heavy atom. The Morgan fingerprint density at radius 2 is 1.97 bits per heavy atom. The minimum absolute atomic E-state index is 0.0398. The number of H-pyrrole nitrogens is 1. The van der Waals surface area contributed by atoms with Crippen molar-refractivity contribution in [3.05, 3.63) is 45.7 Å². The Bertz CT molecular complexity index is 1110. The number of halogens is 3. The van der Waals surface area contributed by atoms with Gasteiger partial charge in [0.15, 0.2) is 0 Å². The molecule has 1 aromatic heterocycles. The zero-order valence-electron chi connectivity index (χ0n) is 17.3. The van der Waals surface area contributed by atoms with Gasteiger partial charge < -0.3 is 15.5 Å². The molecule has 32 heavy (non-hydrogen) atoms. The smallest absolute Gasteiger partial charge is 0.340 e. The van der Waals surface area contributed by atoms with Gasteiger partial charge in [0, 0.05) is 19.0 Å². The van der Waals surface area contributed by atoms with Crippen LogP contribution in [0.2, 0.25) is 0 Å². The first-order chi connectivity index (χ1) is 15.1. The molecule has 0 saturated carbocycles. The minimum Gasteiger partial charge on any atom is -0.340 e. The van der Waals surface area contributed by atoms with Gasteiger partial charge in [0.1, 0.15) is 5.82 Å². The molecule has 0 aliphatic carbocycles. The van der Waals surface area contributed by atoms with E-state index in [9.17, 15) is 27.6 Å². The Hall–Kier alpha value is -3.37. The van der Waals surface area contributed by atoms with Gasteiger partial charge in [-0.1, -0.05) is 12.1 Å². The van der Waals surface area contributed by atoms with Crippen LogP contribution in [0.25, 0.3) is 0 Å². The van der Waals surface area contributed by atoms with E-state index in [1.807, 2.05) is 11.8 Å². The summed E-state index contributed by atoms with van der Waals surface area (Å²) in [5, 5.41) is 4.75. The van der Waals surface area contributed by atoms with Crippen molar-refractivity contribution < 1.29 is 22.8 Å². The molecular formula is C21H22F3N5O3. The molecule has 8 nitrogen and oxygen atoms in total. The topological polar surface area (TPSA) is 107 Å². The van der Waals surface area contributed by atoms with E-state index in [-0.39, 0.29) is 23.8 Å². The van der Waals surface area contributed by atoms with Gasteiger partial charge in [0.05, 0.1) is 22.7 Å². The maximum Gasteiger partial charge on any atom is 0.418 e. The molecule has 2 amide bonds. The summed E-state index contributed by atoms with van der Waals surface area (Å²) in [6, 6.07) is 4.67. The van der Waals surface area contributed by atoms with Crippen LogP contribution in [0, 0.1) is 0 Å². The van der Waals surface area contributed by atoms with Crippen LogP contribution in [0.4, 0.5) is 30.6 Å². The number of aromatic nitrogens is 2. The van der Waals surface area contributed by atoms with Crippen LogP contribution >= 0.6 is 0 Å². The van der Waals surface area contributed by atoms with Gasteiger partial charge in [-0.3, -0.25) is 19.4 Å². The second kappa shape index (κ2) is 8.29. The predicted molar refractivity (Wildman–Crippen MR) is 112 cm³/mol. The fraction of sp³-hybridized carbons (Fsp3) is 0.429. The van der Waals surface area contributed by atoms with E-state index in [4.69, 9.17) is 0 Å². The lowest BCUT2D eigenvalue weighted by atomic mass is 9.92. The van der Waals surface area contributed by atoms with Crippen molar-refractivity contribution in [2.75, 3.05) is 22.1 Å². The second-order valence-corrected chi connectivity index (χ2v) is 8.03. The largest absolute Gasteiger partial charge is 0.418 e. The molecule has 11 heteroatoms. The lowest BCUT2D eigenvalue weighted by Gasteiger charge is -2.34. The number of benzene rings is 1. The number of nitrogens with zero attached hydrogens (tertiary/aromatic N) is 2. The average molecular weight is 449 g/mol. The number of alkyl halides is 3. The number of piperidine rings is 1. The van der Waals surface area contributed by atoms with Gasteiger partial charge in [-0.15, -0.1) is 0 Å². The molecule has 3 N–H and O–H groups in total. The van der Waals surface area contributed by atoms with Crippen LogP contribution in [-0.4, -0.2) is 34.4 Å². The number of nitrogens with one attached hydrogen (secondary N) is 3. The molecule has 1 aromatic carbocycles. The fourth-order valence-electron chi connectivity index (χ4n) is 4.19. The van der Waals surface area contributed by atoms with E-state index in [1.54, 1.807) is 0 Å². The number of amides is 2. The summed E-state index contributed by atoms with van der Waals surface area (Å²) in [5.74, 6) is -2.45. The van der Waals surface area contributed by atoms with Gasteiger partial charge in [-0.2, -0.15) is 18.2 Å². The summed E-state index contributed by atoms with van der Waals surface area (Å²) in [6.07, 6.45) is -2.13. The van der Waals surface area contributed by atoms with E-state index in [1.165, 1.54) is 12.1 Å². The van der Waals surface area contributed by atoms with E-state index >= 15 is 0 Å². The van der Waals surface area contributed by atoms with Gasteiger partial charge >= 0.3 is 6.18 Å². The molecule has 2 atom stereocenters. The highest BCUT2D eigenvalue weighted by molar-refractivity contribution is 6.04. The predicted octanol–water partition coefficient (Wildman–Crippen LogP) is 3.23. The zero-order valence-corrected chi connectivity index (χ0v) is 17.3. The molecule has 2 aromatic rings. The fourth-order valence-corrected chi connectivity index (χ4v) is 4.19. The first-order valence-corrected chi connectivity index (χ1v) is 10.3. The van der Waals surface area contributed by atoms with Crippen LogP contribution in [0.1, 0.15) is 49.7 Å². The van der Waals surface area contributed by atoms with E-state index in [0.717, 1.165) is 31.4 Å². The van der Waals surface area contributed by atoms with Gasteiger partial charge in [0.25, 0.3) is 5.56 Å². The first kappa shape index (κ1) is 21.8. The van der Waals surface area contributed by atoms with Crippen LogP contribution in [0.3, 0.4) is 0 Å². The Balaban J connectivity index is 1.67. The highest BCUT2D eigenvalue weighted by Crippen LogP contribution is 2.36. The number of carbonyl (C=O) groups excluding carboxylic acids is 2. The number of rotatable bonds is 3. The van der Waals surface area contributed by atoms with Crippen molar-refractivity contribution in [2.45, 2.75) is 50.7 Å². The van der Waals surface area contributed by atoms with Crippen molar-refractivity contribution in [3.63, 3.8) is 0 Å². The standard InChI is InChI=1S/C21H22F3N5O3/c1-11-6-4-5-9-29(11)20-27-17-16(19(32)28-20)12(10-15(30)26-17)18(31)25-14-8-3-2-7-13(14)21(22,23)24/h2-3,7-8,11-12H,4-6,9-10H2,1H3,(H,25,31)(H2,26,27,28,30,32). The summed E-state index contributed by atoms with van der Waals surface area (Å²) in [6.45, 7) is 2.69. The molecule has 1 fully saturated rings. The van der Waals surface area contributed by atoms with Crippen molar-refractivity contribution in [3.8, 4) is 0 Å². The molecular weight excluding hydrogens is 427 g/mol. The summed E-state index contributed by atoms with van der Waals surface area (Å²) in [7, 11) is 0. The number of para-hydroxylation sites is 1. The molecule has 2 aliphatic heterocycles. The summed E-state index contributed by atoms with van der Waals surface area (Å²) >= 11 is 0. The van der Waals surface area contributed by atoms with Crippen molar-refractivity contribution >= 4 is 29.3 Å². The lowest BCUT2D eigenvalue weighted by Crippen LogP contribution is -2.42. The number of aromatic amines is 1. The molecule has 0 bridgehead atoms. The molecule has 0 radical (unpaired) electrons. The molecule has 3 heterocycles. The monoisotopic (exact) mass is 449 g/mol. The van der Waals surface area contributed by atoms with Crippen molar-refractivity contribution in [1.82, 2.24) is 9.97 Å². The van der Waals surface area contributed by atoms with E-state index in [2.05, 4.69) is 20.6 Å². The molecule has 4 rings (SSSR count). The molecule has 1 saturated heterocycles. The lowest BCUT2D eigenvalue weighted by molar-refractivity contribution is -0.137. The third-order valence-corrected chi connectivity index (χ3v) is 5.82. The second-order valence-electron chi connectivity index (χ2n) is 8.03. The summed E-state index contributed by atoms with van der Waals surface area (Å²) in [4.78, 5) is 47.0. The van der Waals surface area contributed by atoms with E-state index < -0.39 is 40.7 Å². The highest BCUT2D eigenvalue weighted by atomic mass is 19.4. The third-order valence-electron chi connectivity index (χ3n) is 5.82. The third kappa shape index (κ3) is 4.19. The summed E-state index contributed by atoms with van der Waals surface area (Å²) in [5.41, 5.74) is -2.14. The van der Waals surface area contributed by atoms with E-state index in [0.29, 0.717) is 12.5 Å². The number of fused-ring (bicyclic) bond motifs is 1. The molecule has 170 valence electrons. The maximum absolute atomic E-state index is 13.3. The maximum atomic E-state index is 13.3. The molecule has 2 unspecified atom stereocenters. The quantitative estimate of drug-likeness (QED) is 0.667. The van der Waals surface area contributed by atoms with Crippen LogP contribution in [-0.2, 0) is 15.8 Å². The first-order valence-electron chi connectivity index (χ1n) is 10.3. The number of hydrogen-bond donors (Lipinski definition) is 3. The Labute approximate surface area is 181 Å². The van der Waals surface area contributed by atoms with Crippen molar-refractivity contribution in [1.29, 1.82) is 0 Å². The summed E-state index contributed by atoms with van der Waals surface area (Å²) < 4.78 is 39.8. The Morgan fingerprint density at radius 3 is 2.69 bits per heavy atom. The number of carbonyl (C=O) groups is 2. The normalized spacial score (nSPS) is 21.0. The minimum atomic E-state index is -4.68. The Kier molecular flexibility index (Phi) is 5.66. The highest BCUT2D eigenvalue weighted by Gasteiger charge is 2.38. The van der Waals surface area contributed by atoms with Crippen LogP contribution < -0.4 is 21.1 Å². The van der Waals surface area contributed by atoms with Crippen molar-refractivity contribution in [2.24, 2.45) is 0 Å². The molecule has 2 aliphatic rings. The molecule has 0 spiro atoms. The SMILES string of the molecule is CC1CCCCN1c1nc2c(c(=O)[nH]1)C(C(=O)Nc1ccccc1C(F)(F)F)CC(=O)N2. The van der Waals surface area contributed by atoms with Gasteiger partial charge in [-0.25, -0.2) is 0 Å². The van der Waals surface area contributed by atoms with Crippen LogP contribution in [0.5, 0.6) is 0 Å². The van der Waals surface area contributed by atoms with Gasteiger partial charge in [-0.05, 0) is 38.3 Å². The number of anilines is 3. The zero-order chi connectivity index (χ0) is 23.0. The van der Waals surface area contributed by atoms with Gasteiger partial charge in [0.2, 0.25) is 17.8 Å².